The van der Waals surface area contributed by atoms with Crippen LogP contribution in [0, 0.1) is 9.39 Å². The Balaban J connectivity index is 2.95. The summed E-state index contributed by atoms with van der Waals surface area (Å²) in [6.45, 7) is 0. The first kappa shape index (κ1) is 15.1. The van der Waals surface area contributed by atoms with Crippen LogP contribution in [0.4, 0.5) is 32.0 Å². The van der Waals surface area contributed by atoms with E-state index in [9.17, 15) is 31.1 Å². The first-order chi connectivity index (χ1) is 8.05. The summed E-state index contributed by atoms with van der Waals surface area (Å²) in [6.07, 6.45) is -5.98. The van der Waals surface area contributed by atoms with Crippen molar-refractivity contribution in [2.45, 2.75) is 12.1 Å². The number of carbonyl (C=O) groups is 1. The Morgan fingerprint density at radius 2 is 1.72 bits per heavy atom. The summed E-state index contributed by atoms with van der Waals surface area (Å²) in [7, 11) is 0. The molecule has 0 aromatic heterocycles. The molecule has 100 valence electrons. The normalized spacial score (nSPS) is 12.4. The number of carbonyl (C=O) groups excluding carboxylic acids is 1. The molecule has 1 N–H and O–H groups in total. The first-order valence-corrected chi connectivity index (χ1v) is 5.34. The molecule has 0 atom stereocenters. The van der Waals surface area contributed by atoms with Gasteiger partial charge in [0.2, 0.25) is 0 Å². The lowest BCUT2D eigenvalue weighted by molar-refractivity contribution is -0.267. The van der Waals surface area contributed by atoms with Crippen molar-refractivity contribution >= 4 is 34.2 Å². The van der Waals surface area contributed by atoms with Gasteiger partial charge in [0.15, 0.2) is 0 Å². The van der Waals surface area contributed by atoms with Crippen LogP contribution >= 0.6 is 22.6 Å². The average molecular weight is 383 g/mol. The van der Waals surface area contributed by atoms with E-state index in [-0.39, 0.29) is 9.26 Å². The maximum Gasteiger partial charge on any atom is 0.463 e. The SMILES string of the molecule is O=C(Nc1ccc(F)cc1I)C(F)(F)C(F)(F)F. The predicted molar refractivity (Wildman–Crippen MR) is 58.7 cm³/mol. The van der Waals surface area contributed by atoms with E-state index < -0.39 is 23.8 Å². The molecule has 0 unspecified atom stereocenters. The van der Waals surface area contributed by atoms with Gasteiger partial charge in [-0.05, 0) is 40.8 Å². The van der Waals surface area contributed by atoms with Gasteiger partial charge >= 0.3 is 18.0 Å². The highest BCUT2D eigenvalue weighted by atomic mass is 127. The van der Waals surface area contributed by atoms with Crippen molar-refractivity contribution in [3.63, 3.8) is 0 Å². The molecular formula is C9H4F6INO. The number of anilines is 1. The number of nitrogens with one attached hydrogen (secondary N) is 1. The lowest BCUT2D eigenvalue weighted by Crippen LogP contribution is -2.47. The molecule has 0 radical (unpaired) electrons. The number of halogens is 7. The molecule has 0 heterocycles. The van der Waals surface area contributed by atoms with Crippen LogP contribution in [0.3, 0.4) is 0 Å². The third-order valence-electron chi connectivity index (χ3n) is 1.82. The fourth-order valence-electron chi connectivity index (χ4n) is 0.920. The Kier molecular flexibility index (Phi) is 4.13. The topological polar surface area (TPSA) is 29.1 Å². The van der Waals surface area contributed by atoms with Crippen molar-refractivity contribution in [3.05, 3.63) is 27.6 Å². The van der Waals surface area contributed by atoms with E-state index in [1.165, 1.54) is 27.9 Å². The zero-order valence-corrected chi connectivity index (χ0v) is 10.4. The zero-order chi connectivity index (χ0) is 14.1. The van der Waals surface area contributed by atoms with E-state index in [2.05, 4.69) is 0 Å². The van der Waals surface area contributed by atoms with Crippen molar-refractivity contribution in [1.82, 2.24) is 0 Å². The van der Waals surface area contributed by atoms with E-state index in [0.29, 0.717) is 0 Å². The molecule has 0 aliphatic carbocycles. The van der Waals surface area contributed by atoms with Crippen molar-refractivity contribution in [2.24, 2.45) is 0 Å². The number of alkyl halides is 5. The van der Waals surface area contributed by atoms with Gasteiger partial charge in [0.1, 0.15) is 5.82 Å². The van der Waals surface area contributed by atoms with Gasteiger partial charge in [-0.2, -0.15) is 22.0 Å². The van der Waals surface area contributed by atoms with E-state index in [0.717, 1.165) is 18.2 Å². The molecule has 0 fully saturated rings. The molecule has 0 saturated heterocycles. The van der Waals surface area contributed by atoms with Gasteiger partial charge in [-0.1, -0.05) is 0 Å². The molecule has 2 nitrogen and oxygen atoms in total. The molecule has 18 heavy (non-hydrogen) atoms. The van der Waals surface area contributed by atoms with Crippen molar-refractivity contribution in [1.29, 1.82) is 0 Å². The van der Waals surface area contributed by atoms with Gasteiger partial charge in [0.25, 0.3) is 0 Å². The lowest BCUT2D eigenvalue weighted by Gasteiger charge is -2.19. The minimum Gasteiger partial charge on any atom is -0.320 e. The summed E-state index contributed by atoms with van der Waals surface area (Å²) in [5, 5.41) is 1.40. The molecule has 0 saturated carbocycles. The second-order valence-electron chi connectivity index (χ2n) is 3.15. The molecule has 1 aromatic rings. The molecule has 1 aromatic carbocycles. The van der Waals surface area contributed by atoms with Gasteiger partial charge in [-0.3, -0.25) is 4.79 Å². The van der Waals surface area contributed by atoms with Crippen LogP contribution in [-0.2, 0) is 4.79 Å². The smallest absolute Gasteiger partial charge is 0.320 e. The Hall–Kier alpha value is -1.00. The minimum atomic E-state index is -5.98. The van der Waals surface area contributed by atoms with E-state index >= 15 is 0 Å². The molecule has 0 aliphatic rings. The maximum absolute atomic E-state index is 12.7. The van der Waals surface area contributed by atoms with Crippen LogP contribution < -0.4 is 5.32 Å². The number of hydrogen-bond acceptors (Lipinski definition) is 1. The number of amides is 1. The maximum atomic E-state index is 12.7. The summed E-state index contributed by atoms with van der Waals surface area (Å²) < 4.78 is 73.5. The standard InChI is InChI=1S/C9H4F6INO/c10-4-1-2-6(5(16)3-4)17-7(18)8(11,12)9(13,14)15/h1-3H,(H,17,18). The van der Waals surface area contributed by atoms with Gasteiger partial charge in [-0.15, -0.1) is 0 Å². The monoisotopic (exact) mass is 383 g/mol. The number of benzene rings is 1. The van der Waals surface area contributed by atoms with Crippen LogP contribution in [0.25, 0.3) is 0 Å². The van der Waals surface area contributed by atoms with Crippen molar-refractivity contribution in [3.8, 4) is 0 Å². The summed E-state index contributed by atoms with van der Waals surface area (Å²) in [5.41, 5.74) is -0.328. The Labute approximate surface area is 110 Å². The average Bonchev–Trinajstić information content (AvgIpc) is 2.20. The van der Waals surface area contributed by atoms with E-state index in [1.807, 2.05) is 0 Å². The van der Waals surface area contributed by atoms with Gasteiger partial charge in [-0.25, -0.2) is 4.39 Å². The number of rotatable bonds is 2. The van der Waals surface area contributed by atoms with Gasteiger partial charge < -0.3 is 5.32 Å². The third-order valence-corrected chi connectivity index (χ3v) is 2.71. The van der Waals surface area contributed by atoms with Gasteiger partial charge in [0, 0.05) is 3.57 Å². The Morgan fingerprint density at radius 3 is 2.17 bits per heavy atom. The predicted octanol–water partition coefficient (Wildman–Crippen LogP) is 3.57. The molecular weight excluding hydrogens is 379 g/mol. The lowest BCUT2D eigenvalue weighted by atomic mass is 10.2. The molecule has 0 bridgehead atoms. The summed E-state index contributed by atoms with van der Waals surface area (Å²) in [4.78, 5) is 10.8. The Bertz CT molecular complexity index is 473. The molecule has 1 amide bonds. The second kappa shape index (κ2) is 4.94. The minimum absolute atomic E-state index is 0.000996. The summed E-state index contributed by atoms with van der Waals surface area (Å²) >= 11 is 1.49. The quantitative estimate of drug-likeness (QED) is 0.614. The van der Waals surface area contributed by atoms with E-state index in [4.69, 9.17) is 0 Å². The van der Waals surface area contributed by atoms with E-state index in [1.54, 1.807) is 0 Å². The fraction of sp³-hybridized carbons (Fsp3) is 0.222. The largest absolute Gasteiger partial charge is 0.463 e. The molecule has 1 rings (SSSR count). The zero-order valence-electron chi connectivity index (χ0n) is 8.29. The van der Waals surface area contributed by atoms with Crippen molar-refractivity contribution < 1.29 is 31.1 Å². The first-order valence-electron chi connectivity index (χ1n) is 4.27. The Morgan fingerprint density at radius 1 is 1.17 bits per heavy atom. The molecule has 9 heteroatoms. The second-order valence-corrected chi connectivity index (χ2v) is 4.31. The van der Waals surface area contributed by atoms with Crippen molar-refractivity contribution in [2.75, 3.05) is 5.32 Å². The fourth-order valence-corrected chi connectivity index (χ4v) is 1.53. The van der Waals surface area contributed by atoms with Gasteiger partial charge in [0.05, 0.1) is 5.69 Å². The van der Waals surface area contributed by atoms with Crippen LogP contribution in [0.2, 0.25) is 0 Å². The third kappa shape index (κ3) is 3.06. The summed E-state index contributed by atoms with van der Waals surface area (Å²) in [6, 6.07) is 2.59. The van der Waals surface area contributed by atoms with Crippen LogP contribution in [0.1, 0.15) is 0 Å². The van der Waals surface area contributed by atoms with Crippen LogP contribution in [0.15, 0.2) is 18.2 Å². The molecule has 0 spiro atoms. The van der Waals surface area contributed by atoms with Crippen LogP contribution in [0.5, 0.6) is 0 Å². The summed E-state index contributed by atoms with van der Waals surface area (Å²) in [5.74, 6) is -8.73. The highest BCUT2D eigenvalue weighted by molar-refractivity contribution is 14.1. The number of hydrogen-bond donors (Lipinski definition) is 1. The molecule has 0 aliphatic heterocycles. The highest BCUT2D eigenvalue weighted by Crippen LogP contribution is 2.36. The highest BCUT2D eigenvalue weighted by Gasteiger charge is 2.63. The van der Waals surface area contributed by atoms with Crippen LogP contribution in [-0.4, -0.2) is 18.0 Å².